The van der Waals surface area contributed by atoms with Gasteiger partial charge in [-0.1, -0.05) is 29.8 Å². The Morgan fingerprint density at radius 1 is 1.60 bits per heavy atom. The number of hydrogen-bond donors (Lipinski definition) is 0. The summed E-state index contributed by atoms with van der Waals surface area (Å²) in [5.41, 5.74) is 0. The van der Waals surface area contributed by atoms with E-state index in [1.165, 1.54) is 0 Å². The fourth-order valence-corrected chi connectivity index (χ4v) is 2.04. The minimum absolute atomic E-state index is 0.0365. The van der Waals surface area contributed by atoms with Crippen LogP contribution in [-0.2, 0) is 4.74 Å². The molecule has 0 N–H and O–H groups in total. The maximum Gasteiger partial charge on any atom is 0.144 e. The standard InChI is InChI=1S/C7H12BrFO/c1-3-5-4(2)6(9)7(8)10-5/h4-7H,3H2,1-2H3/t4?,5-,6-,7+/m1/s1. The van der Waals surface area contributed by atoms with Gasteiger partial charge in [-0.05, 0) is 6.42 Å². The van der Waals surface area contributed by atoms with Gasteiger partial charge in [-0.3, -0.25) is 0 Å². The van der Waals surface area contributed by atoms with Gasteiger partial charge in [0.15, 0.2) is 0 Å². The molecular weight excluding hydrogens is 199 g/mol. The van der Waals surface area contributed by atoms with E-state index in [2.05, 4.69) is 15.9 Å². The quantitative estimate of drug-likeness (QED) is 0.605. The molecule has 0 aromatic rings. The van der Waals surface area contributed by atoms with Gasteiger partial charge in [0.05, 0.1) is 6.10 Å². The predicted molar refractivity (Wildman–Crippen MR) is 41.9 cm³/mol. The second-order valence-corrected chi connectivity index (χ2v) is 3.64. The van der Waals surface area contributed by atoms with Crippen LogP contribution in [0, 0.1) is 5.92 Å². The first-order chi connectivity index (χ1) is 4.66. The average Bonchev–Trinajstić information content (AvgIpc) is 2.17. The van der Waals surface area contributed by atoms with E-state index in [1.54, 1.807) is 0 Å². The summed E-state index contributed by atoms with van der Waals surface area (Å²) in [6.45, 7) is 3.90. The van der Waals surface area contributed by atoms with Gasteiger partial charge in [-0.25, -0.2) is 4.39 Å². The van der Waals surface area contributed by atoms with E-state index in [0.717, 1.165) is 6.42 Å². The van der Waals surface area contributed by atoms with Gasteiger partial charge < -0.3 is 4.74 Å². The lowest BCUT2D eigenvalue weighted by atomic mass is 10.0. The van der Waals surface area contributed by atoms with Crippen LogP contribution in [-0.4, -0.2) is 17.3 Å². The van der Waals surface area contributed by atoms with E-state index in [-0.39, 0.29) is 17.0 Å². The van der Waals surface area contributed by atoms with Crippen LogP contribution in [0.1, 0.15) is 20.3 Å². The summed E-state index contributed by atoms with van der Waals surface area (Å²) in [6, 6.07) is 0. The Morgan fingerprint density at radius 2 is 2.20 bits per heavy atom. The first kappa shape index (κ1) is 8.47. The van der Waals surface area contributed by atoms with Crippen molar-refractivity contribution < 1.29 is 9.13 Å². The van der Waals surface area contributed by atoms with Crippen molar-refractivity contribution in [3.63, 3.8) is 0 Å². The maximum absolute atomic E-state index is 13.0. The summed E-state index contributed by atoms with van der Waals surface area (Å²) in [7, 11) is 0. The van der Waals surface area contributed by atoms with Crippen LogP contribution in [0.15, 0.2) is 0 Å². The summed E-state index contributed by atoms with van der Waals surface area (Å²) in [5, 5.41) is -0.382. The zero-order valence-electron chi connectivity index (χ0n) is 6.18. The summed E-state index contributed by atoms with van der Waals surface area (Å²) in [4.78, 5) is 0. The molecule has 3 heteroatoms. The molecule has 1 rings (SSSR count). The number of halogens is 2. The lowest BCUT2D eigenvalue weighted by Gasteiger charge is -2.10. The molecule has 0 aliphatic carbocycles. The summed E-state index contributed by atoms with van der Waals surface area (Å²) >= 11 is 3.13. The molecule has 1 aliphatic heterocycles. The van der Waals surface area contributed by atoms with Crippen LogP contribution >= 0.6 is 15.9 Å². The van der Waals surface area contributed by atoms with Crippen molar-refractivity contribution in [2.24, 2.45) is 5.92 Å². The first-order valence-electron chi connectivity index (χ1n) is 3.60. The third-order valence-corrected chi connectivity index (χ3v) is 2.77. The molecule has 1 nitrogen and oxygen atoms in total. The van der Waals surface area contributed by atoms with Gasteiger partial charge in [-0.2, -0.15) is 0 Å². The van der Waals surface area contributed by atoms with Crippen molar-refractivity contribution >= 4 is 15.9 Å². The van der Waals surface area contributed by atoms with Crippen LogP contribution < -0.4 is 0 Å². The zero-order chi connectivity index (χ0) is 7.72. The van der Waals surface area contributed by atoms with Crippen molar-refractivity contribution in [2.75, 3.05) is 0 Å². The summed E-state index contributed by atoms with van der Waals surface area (Å²) in [5.74, 6) is 0.0365. The van der Waals surface area contributed by atoms with Crippen LogP contribution in [0.5, 0.6) is 0 Å². The van der Waals surface area contributed by atoms with Gasteiger partial charge in [0, 0.05) is 5.92 Å². The molecule has 0 bridgehead atoms. The zero-order valence-corrected chi connectivity index (χ0v) is 7.77. The van der Waals surface area contributed by atoms with Crippen LogP contribution in [0.4, 0.5) is 4.39 Å². The highest BCUT2D eigenvalue weighted by molar-refractivity contribution is 9.09. The molecular formula is C7H12BrFO. The van der Waals surface area contributed by atoms with E-state index >= 15 is 0 Å². The third-order valence-electron chi connectivity index (χ3n) is 2.05. The minimum atomic E-state index is -0.843. The normalized spacial score (nSPS) is 48.0. The molecule has 4 atom stereocenters. The van der Waals surface area contributed by atoms with Crippen molar-refractivity contribution in [3.8, 4) is 0 Å². The molecule has 0 radical (unpaired) electrons. The van der Waals surface area contributed by atoms with Crippen molar-refractivity contribution in [2.45, 2.75) is 37.6 Å². The van der Waals surface area contributed by atoms with Crippen LogP contribution in [0.2, 0.25) is 0 Å². The molecule has 60 valence electrons. The van der Waals surface area contributed by atoms with Crippen molar-refractivity contribution in [1.29, 1.82) is 0 Å². The number of alkyl halides is 2. The SMILES string of the molecule is CC[C@H]1O[C@H](Br)[C@H](F)C1C. The Morgan fingerprint density at radius 3 is 2.40 bits per heavy atom. The Kier molecular flexibility index (Phi) is 2.69. The molecule has 1 aliphatic rings. The molecule has 1 saturated heterocycles. The highest BCUT2D eigenvalue weighted by atomic mass is 79.9. The second kappa shape index (κ2) is 3.18. The fraction of sp³-hybridized carbons (Fsp3) is 1.00. The lowest BCUT2D eigenvalue weighted by Crippen LogP contribution is -2.17. The molecule has 0 spiro atoms. The Bertz CT molecular complexity index is 120. The van der Waals surface area contributed by atoms with E-state index in [4.69, 9.17) is 4.74 Å². The molecule has 0 saturated carbocycles. The third kappa shape index (κ3) is 1.35. The van der Waals surface area contributed by atoms with Gasteiger partial charge in [0.1, 0.15) is 11.2 Å². The highest BCUT2D eigenvalue weighted by Crippen LogP contribution is 2.33. The van der Waals surface area contributed by atoms with Gasteiger partial charge in [0.2, 0.25) is 0 Å². The molecule has 1 heterocycles. The molecule has 0 aromatic heterocycles. The average molecular weight is 211 g/mol. The smallest absolute Gasteiger partial charge is 0.144 e. The Hall–Kier alpha value is 0.370. The van der Waals surface area contributed by atoms with Crippen LogP contribution in [0.3, 0.4) is 0 Å². The Labute approximate surface area is 69.1 Å². The van der Waals surface area contributed by atoms with Crippen LogP contribution in [0.25, 0.3) is 0 Å². The maximum atomic E-state index is 13.0. The van der Waals surface area contributed by atoms with Gasteiger partial charge in [0.25, 0.3) is 0 Å². The van der Waals surface area contributed by atoms with E-state index in [1.807, 2.05) is 13.8 Å². The van der Waals surface area contributed by atoms with E-state index in [0.29, 0.717) is 0 Å². The monoisotopic (exact) mass is 210 g/mol. The topological polar surface area (TPSA) is 9.23 Å². The first-order valence-corrected chi connectivity index (χ1v) is 4.52. The second-order valence-electron chi connectivity index (χ2n) is 2.74. The van der Waals surface area contributed by atoms with E-state index in [9.17, 15) is 4.39 Å². The highest BCUT2D eigenvalue weighted by Gasteiger charge is 2.39. The summed E-state index contributed by atoms with van der Waals surface area (Å²) < 4.78 is 18.3. The molecule has 1 unspecified atom stereocenters. The summed E-state index contributed by atoms with van der Waals surface area (Å²) in [6.07, 6.45) is 0.147. The number of hydrogen-bond acceptors (Lipinski definition) is 1. The lowest BCUT2D eigenvalue weighted by molar-refractivity contribution is 0.0750. The largest absolute Gasteiger partial charge is 0.360 e. The van der Waals surface area contributed by atoms with Gasteiger partial charge in [-0.15, -0.1) is 0 Å². The molecule has 10 heavy (non-hydrogen) atoms. The van der Waals surface area contributed by atoms with Crippen molar-refractivity contribution in [1.82, 2.24) is 0 Å². The van der Waals surface area contributed by atoms with Gasteiger partial charge >= 0.3 is 0 Å². The Balaban J connectivity index is 2.53. The molecule has 0 amide bonds. The number of ether oxygens (including phenoxy) is 1. The molecule has 1 fully saturated rings. The van der Waals surface area contributed by atoms with E-state index < -0.39 is 6.17 Å². The number of rotatable bonds is 1. The fourth-order valence-electron chi connectivity index (χ4n) is 1.28. The van der Waals surface area contributed by atoms with Crippen molar-refractivity contribution in [3.05, 3.63) is 0 Å². The molecule has 0 aromatic carbocycles. The minimum Gasteiger partial charge on any atom is -0.360 e. The predicted octanol–water partition coefficient (Wildman–Crippen LogP) is 2.49.